The van der Waals surface area contributed by atoms with E-state index in [1.54, 1.807) is 0 Å². The van der Waals surface area contributed by atoms with Crippen molar-refractivity contribution in [1.29, 1.82) is 0 Å². The fourth-order valence-corrected chi connectivity index (χ4v) is 2.10. The third-order valence-electron chi connectivity index (χ3n) is 3.18. The number of hydrogen-bond acceptors (Lipinski definition) is 0. The van der Waals surface area contributed by atoms with Gasteiger partial charge in [0.25, 0.3) is 0 Å². The standard InChI is InChI=1S/C9H19B/c1-7-3-4-9(5-7)8(2)6-10/h7-9H,3-6,10H2,1-2H3. The molecule has 3 unspecified atom stereocenters. The normalized spacial score (nSPS) is 36.2. The smallest absolute Gasteiger partial charge is 0.0783 e. The summed E-state index contributed by atoms with van der Waals surface area (Å²) >= 11 is 0. The molecule has 0 saturated heterocycles. The van der Waals surface area contributed by atoms with Gasteiger partial charge in [0.2, 0.25) is 0 Å². The van der Waals surface area contributed by atoms with Gasteiger partial charge < -0.3 is 0 Å². The first kappa shape index (κ1) is 8.16. The molecule has 0 bridgehead atoms. The van der Waals surface area contributed by atoms with Crippen LogP contribution in [0.25, 0.3) is 0 Å². The molecule has 0 N–H and O–H groups in total. The summed E-state index contributed by atoms with van der Waals surface area (Å²) < 4.78 is 0. The maximum Gasteiger partial charge on any atom is 0.101 e. The summed E-state index contributed by atoms with van der Waals surface area (Å²) in [7, 11) is 2.31. The highest BCUT2D eigenvalue weighted by atomic mass is 14.3. The van der Waals surface area contributed by atoms with E-state index in [4.69, 9.17) is 0 Å². The lowest BCUT2D eigenvalue weighted by molar-refractivity contribution is 0.384. The molecule has 58 valence electrons. The van der Waals surface area contributed by atoms with E-state index in [9.17, 15) is 0 Å². The lowest BCUT2D eigenvalue weighted by Gasteiger charge is -2.16. The Bertz CT molecular complexity index is 101. The van der Waals surface area contributed by atoms with Crippen molar-refractivity contribution in [2.24, 2.45) is 17.8 Å². The maximum absolute atomic E-state index is 2.41. The second-order valence-corrected chi connectivity index (χ2v) is 4.06. The maximum atomic E-state index is 2.41. The van der Waals surface area contributed by atoms with Crippen LogP contribution in [0.2, 0.25) is 6.32 Å². The topological polar surface area (TPSA) is 0 Å². The minimum absolute atomic E-state index is 0.977. The minimum atomic E-state index is 0.977. The molecule has 0 aromatic carbocycles. The van der Waals surface area contributed by atoms with Gasteiger partial charge in [-0.05, 0) is 30.6 Å². The molecule has 0 amide bonds. The van der Waals surface area contributed by atoms with Crippen LogP contribution in [0, 0.1) is 17.8 Å². The van der Waals surface area contributed by atoms with Crippen LogP contribution in [0.5, 0.6) is 0 Å². The Hall–Kier alpha value is 0.0649. The molecule has 0 radical (unpaired) electrons. The predicted molar refractivity (Wildman–Crippen MR) is 49.0 cm³/mol. The van der Waals surface area contributed by atoms with E-state index >= 15 is 0 Å². The highest BCUT2D eigenvalue weighted by Crippen LogP contribution is 2.36. The van der Waals surface area contributed by atoms with Crippen molar-refractivity contribution in [3.05, 3.63) is 0 Å². The van der Waals surface area contributed by atoms with Gasteiger partial charge in [-0.1, -0.05) is 26.6 Å². The molecule has 1 rings (SSSR count). The van der Waals surface area contributed by atoms with Gasteiger partial charge in [-0.2, -0.15) is 0 Å². The molecule has 0 aromatic heterocycles. The summed E-state index contributed by atoms with van der Waals surface area (Å²) in [4.78, 5) is 0. The van der Waals surface area contributed by atoms with Crippen LogP contribution in [0.4, 0.5) is 0 Å². The van der Waals surface area contributed by atoms with Gasteiger partial charge in [0.1, 0.15) is 7.85 Å². The minimum Gasteiger partial charge on any atom is -0.0783 e. The van der Waals surface area contributed by atoms with E-state index in [1.807, 2.05) is 0 Å². The average molecular weight is 138 g/mol. The summed E-state index contributed by atoms with van der Waals surface area (Å²) in [5, 5.41) is 0. The first-order valence-electron chi connectivity index (χ1n) is 4.74. The van der Waals surface area contributed by atoms with Crippen molar-refractivity contribution < 1.29 is 0 Å². The molecule has 1 aliphatic carbocycles. The summed E-state index contributed by atoms with van der Waals surface area (Å²) in [5.41, 5.74) is 0. The quantitative estimate of drug-likeness (QED) is 0.512. The van der Waals surface area contributed by atoms with E-state index in [2.05, 4.69) is 21.7 Å². The van der Waals surface area contributed by atoms with Crippen molar-refractivity contribution >= 4 is 7.85 Å². The zero-order valence-electron chi connectivity index (χ0n) is 7.56. The van der Waals surface area contributed by atoms with Crippen LogP contribution < -0.4 is 0 Å². The molecular formula is C9H19B. The molecule has 0 heterocycles. The second kappa shape index (κ2) is 3.45. The van der Waals surface area contributed by atoms with Gasteiger partial charge in [-0.25, -0.2) is 0 Å². The first-order chi connectivity index (χ1) is 4.74. The zero-order chi connectivity index (χ0) is 7.56. The molecule has 0 spiro atoms. The van der Waals surface area contributed by atoms with Gasteiger partial charge in [-0.3, -0.25) is 0 Å². The van der Waals surface area contributed by atoms with Crippen molar-refractivity contribution in [2.45, 2.75) is 39.4 Å². The van der Waals surface area contributed by atoms with E-state index in [1.165, 1.54) is 25.6 Å². The zero-order valence-corrected chi connectivity index (χ0v) is 7.56. The number of rotatable bonds is 2. The summed E-state index contributed by atoms with van der Waals surface area (Å²) in [5.74, 6) is 3.05. The van der Waals surface area contributed by atoms with Crippen molar-refractivity contribution in [3.63, 3.8) is 0 Å². The van der Waals surface area contributed by atoms with Gasteiger partial charge in [0.05, 0.1) is 0 Å². The summed E-state index contributed by atoms with van der Waals surface area (Å²) in [6, 6.07) is 0. The van der Waals surface area contributed by atoms with E-state index < -0.39 is 0 Å². The second-order valence-electron chi connectivity index (χ2n) is 4.06. The van der Waals surface area contributed by atoms with Crippen LogP contribution in [-0.4, -0.2) is 7.85 Å². The third-order valence-corrected chi connectivity index (χ3v) is 3.18. The molecule has 0 aliphatic heterocycles. The highest BCUT2D eigenvalue weighted by Gasteiger charge is 2.24. The van der Waals surface area contributed by atoms with E-state index in [0.717, 1.165) is 17.8 Å². The molecule has 0 aromatic rings. The third kappa shape index (κ3) is 1.77. The Morgan fingerprint density at radius 2 is 2.20 bits per heavy atom. The Kier molecular flexibility index (Phi) is 2.82. The summed E-state index contributed by atoms with van der Waals surface area (Å²) in [6.45, 7) is 4.80. The summed E-state index contributed by atoms with van der Waals surface area (Å²) in [6.07, 6.45) is 5.84. The van der Waals surface area contributed by atoms with E-state index in [-0.39, 0.29) is 0 Å². The lowest BCUT2D eigenvalue weighted by Crippen LogP contribution is -2.06. The van der Waals surface area contributed by atoms with Crippen molar-refractivity contribution in [2.75, 3.05) is 0 Å². The molecule has 3 atom stereocenters. The Morgan fingerprint density at radius 1 is 1.50 bits per heavy atom. The van der Waals surface area contributed by atoms with Gasteiger partial charge in [0.15, 0.2) is 0 Å². The number of hydrogen-bond donors (Lipinski definition) is 0. The molecule has 1 aliphatic rings. The Labute approximate surface area is 65.8 Å². The van der Waals surface area contributed by atoms with Crippen LogP contribution in [-0.2, 0) is 0 Å². The highest BCUT2D eigenvalue weighted by molar-refractivity contribution is 6.08. The molecular weight excluding hydrogens is 119 g/mol. The van der Waals surface area contributed by atoms with Gasteiger partial charge >= 0.3 is 0 Å². The monoisotopic (exact) mass is 138 g/mol. The predicted octanol–water partition coefficient (Wildman–Crippen LogP) is 2.11. The first-order valence-corrected chi connectivity index (χ1v) is 4.74. The SMILES string of the molecule is BCC(C)C1CCC(C)C1. The average Bonchev–Trinajstić information content (AvgIpc) is 2.34. The molecule has 1 fully saturated rings. The molecule has 1 saturated carbocycles. The lowest BCUT2D eigenvalue weighted by atomic mass is 9.82. The molecule has 0 nitrogen and oxygen atoms in total. The van der Waals surface area contributed by atoms with Crippen LogP contribution in [0.15, 0.2) is 0 Å². The van der Waals surface area contributed by atoms with Crippen LogP contribution >= 0.6 is 0 Å². The van der Waals surface area contributed by atoms with E-state index in [0.29, 0.717) is 0 Å². The Morgan fingerprint density at radius 3 is 2.60 bits per heavy atom. The van der Waals surface area contributed by atoms with Crippen LogP contribution in [0.3, 0.4) is 0 Å². The van der Waals surface area contributed by atoms with Crippen molar-refractivity contribution in [1.82, 2.24) is 0 Å². The molecule has 1 heteroatoms. The van der Waals surface area contributed by atoms with Crippen molar-refractivity contribution in [3.8, 4) is 0 Å². The van der Waals surface area contributed by atoms with Gasteiger partial charge in [-0.15, -0.1) is 0 Å². The fraction of sp³-hybridized carbons (Fsp3) is 1.00. The van der Waals surface area contributed by atoms with Crippen LogP contribution in [0.1, 0.15) is 33.1 Å². The fourth-order valence-electron chi connectivity index (χ4n) is 2.10. The molecule has 10 heavy (non-hydrogen) atoms. The Balaban J connectivity index is 2.29. The largest absolute Gasteiger partial charge is 0.101 e. The van der Waals surface area contributed by atoms with Gasteiger partial charge in [0, 0.05) is 0 Å².